The molecule has 0 atom stereocenters. The van der Waals surface area contributed by atoms with Crippen LogP contribution in [0.25, 0.3) is 22.4 Å². The van der Waals surface area contributed by atoms with Crippen LogP contribution in [0.1, 0.15) is 52.0 Å². The quantitative estimate of drug-likeness (QED) is 0.0741. The summed E-state index contributed by atoms with van der Waals surface area (Å²) in [6, 6.07) is 23.0. The molecule has 0 N–H and O–H groups in total. The van der Waals surface area contributed by atoms with Crippen LogP contribution in [0.15, 0.2) is 85.3 Å². The Morgan fingerprint density at radius 1 is 0.820 bits per heavy atom. The molecular formula is C40H38ClN3O6. The lowest BCUT2D eigenvalue weighted by Crippen LogP contribution is -2.25. The molecule has 0 spiro atoms. The standard InChI is InChI=1S/C40H38ClN3O6/c1-5-46-40(47-6-2)25-48-32-13-14-37(44-21-32)35-12-8-11-34(27(35)4)33-10-7-9-30(26(33)3)24-50-39-17-38(31(22-45)16-36(39)41)49-23-29-15-28(18-42)19-43-20-29/h7-17,19-22,40H,5-6,23-25H2,1-4H3. The van der Waals surface area contributed by atoms with Gasteiger partial charge in [-0.1, -0.05) is 48.0 Å². The zero-order valence-corrected chi connectivity index (χ0v) is 29.2. The fraction of sp³-hybridized carbons (Fsp3) is 0.250. The number of carbonyl (C=O) groups is 1. The smallest absolute Gasteiger partial charge is 0.191 e. The molecule has 2 heterocycles. The van der Waals surface area contributed by atoms with Crippen molar-refractivity contribution in [3.05, 3.63) is 124 Å². The van der Waals surface area contributed by atoms with E-state index in [9.17, 15) is 4.79 Å². The molecule has 0 saturated carbocycles. The Bertz CT molecular complexity index is 1970. The maximum Gasteiger partial charge on any atom is 0.191 e. The molecule has 256 valence electrons. The van der Waals surface area contributed by atoms with E-state index in [-0.39, 0.29) is 30.4 Å². The van der Waals surface area contributed by atoms with Crippen molar-refractivity contribution < 1.29 is 28.5 Å². The molecule has 0 aliphatic carbocycles. The highest BCUT2D eigenvalue weighted by atomic mass is 35.5. The summed E-state index contributed by atoms with van der Waals surface area (Å²) in [6.45, 7) is 9.71. The minimum absolute atomic E-state index is 0.112. The largest absolute Gasteiger partial charge is 0.488 e. The Kier molecular flexibility index (Phi) is 12.5. The van der Waals surface area contributed by atoms with E-state index in [0.717, 1.165) is 39.1 Å². The van der Waals surface area contributed by atoms with Crippen molar-refractivity contribution in [1.29, 1.82) is 5.26 Å². The van der Waals surface area contributed by atoms with Gasteiger partial charge in [0, 0.05) is 42.8 Å². The first kappa shape index (κ1) is 36.0. The second-order valence-electron chi connectivity index (χ2n) is 11.3. The maximum absolute atomic E-state index is 11.8. The number of nitriles is 1. The summed E-state index contributed by atoms with van der Waals surface area (Å²) in [5.41, 5.74) is 8.52. The van der Waals surface area contributed by atoms with E-state index in [1.807, 2.05) is 44.2 Å². The molecule has 2 aromatic heterocycles. The van der Waals surface area contributed by atoms with Gasteiger partial charge in [-0.25, -0.2) is 0 Å². The van der Waals surface area contributed by atoms with Crippen molar-refractivity contribution in [3.63, 3.8) is 0 Å². The monoisotopic (exact) mass is 691 g/mol. The molecule has 0 aliphatic heterocycles. The summed E-state index contributed by atoms with van der Waals surface area (Å²) in [6.07, 6.45) is 5.04. The van der Waals surface area contributed by atoms with Crippen molar-refractivity contribution in [1.82, 2.24) is 9.97 Å². The van der Waals surface area contributed by atoms with Gasteiger partial charge in [0.2, 0.25) is 0 Å². The van der Waals surface area contributed by atoms with E-state index in [4.69, 9.17) is 45.5 Å². The number of rotatable bonds is 16. The van der Waals surface area contributed by atoms with Crippen molar-refractivity contribution in [2.24, 2.45) is 0 Å². The summed E-state index contributed by atoms with van der Waals surface area (Å²) in [7, 11) is 0. The van der Waals surface area contributed by atoms with Crippen LogP contribution in [-0.4, -0.2) is 42.4 Å². The van der Waals surface area contributed by atoms with Gasteiger partial charge in [0.1, 0.15) is 43.1 Å². The highest BCUT2D eigenvalue weighted by Crippen LogP contribution is 2.36. The van der Waals surface area contributed by atoms with Crippen LogP contribution < -0.4 is 14.2 Å². The van der Waals surface area contributed by atoms with Gasteiger partial charge in [-0.3, -0.25) is 14.8 Å². The summed E-state index contributed by atoms with van der Waals surface area (Å²) >= 11 is 6.52. The van der Waals surface area contributed by atoms with Gasteiger partial charge < -0.3 is 23.7 Å². The third-order valence-corrected chi connectivity index (χ3v) is 8.36. The fourth-order valence-corrected chi connectivity index (χ4v) is 5.69. The summed E-state index contributed by atoms with van der Waals surface area (Å²) in [4.78, 5) is 20.5. The predicted octanol–water partition coefficient (Wildman–Crippen LogP) is 8.70. The van der Waals surface area contributed by atoms with E-state index in [1.165, 1.54) is 12.3 Å². The Balaban J connectivity index is 1.31. The van der Waals surface area contributed by atoms with Gasteiger partial charge in [0.15, 0.2) is 12.6 Å². The van der Waals surface area contributed by atoms with Gasteiger partial charge in [0.25, 0.3) is 0 Å². The van der Waals surface area contributed by atoms with Crippen LogP contribution in [0.3, 0.4) is 0 Å². The lowest BCUT2D eigenvalue weighted by atomic mass is 9.90. The highest BCUT2D eigenvalue weighted by molar-refractivity contribution is 6.32. The van der Waals surface area contributed by atoms with Gasteiger partial charge in [0.05, 0.1) is 28.0 Å². The average molecular weight is 692 g/mol. The van der Waals surface area contributed by atoms with Crippen molar-refractivity contribution in [2.75, 3.05) is 19.8 Å². The zero-order valence-electron chi connectivity index (χ0n) is 28.4. The number of carbonyl (C=O) groups excluding carboxylic acids is 1. The predicted molar refractivity (Wildman–Crippen MR) is 192 cm³/mol. The Morgan fingerprint density at radius 3 is 2.24 bits per heavy atom. The van der Waals surface area contributed by atoms with E-state index in [0.29, 0.717) is 47.9 Å². The van der Waals surface area contributed by atoms with Crippen LogP contribution in [0.2, 0.25) is 5.02 Å². The topological polar surface area (TPSA) is 113 Å². The van der Waals surface area contributed by atoms with Gasteiger partial charge >= 0.3 is 0 Å². The van der Waals surface area contributed by atoms with Crippen molar-refractivity contribution in [3.8, 4) is 45.7 Å². The summed E-state index contributed by atoms with van der Waals surface area (Å²) in [5, 5.41) is 9.45. The van der Waals surface area contributed by atoms with E-state index >= 15 is 0 Å². The lowest BCUT2D eigenvalue weighted by Gasteiger charge is -2.18. The third-order valence-electron chi connectivity index (χ3n) is 8.07. The number of nitrogens with zero attached hydrogens (tertiary/aromatic N) is 3. The molecule has 50 heavy (non-hydrogen) atoms. The van der Waals surface area contributed by atoms with Crippen molar-refractivity contribution >= 4 is 17.9 Å². The number of halogens is 1. The molecule has 0 saturated heterocycles. The number of ether oxygens (including phenoxy) is 5. The minimum atomic E-state index is -0.428. The van der Waals surface area contributed by atoms with E-state index in [1.54, 1.807) is 24.5 Å². The number of benzene rings is 3. The molecule has 5 aromatic rings. The molecule has 0 unspecified atom stereocenters. The van der Waals surface area contributed by atoms with Crippen LogP contribution in [-0.2, 0) is 22.7 Å². The normalized spacial score (nSPS) is 10.9. The van der Waals surface area contributed by atoms with Gasteiger partial charge in [-0.2, -0.15) is 5.26 Å². The number of pyridine rings is 2. The molecule has 9 nitrogen and oxygen atoms in total. The second-order valence-corrected chi connectivity index (χ2v) is 11.7. The number of hydrogen-bond donors (Lipinski definition) is 0. The number of aldehydes is 1. The average Bonchev–Trinajstić information content (AvgIpc) is 3.14. The molecular weight excluding hydrogens is 654 g/mol. The molecule has 0 amide bonds. The molecule has 0 bridgehead atoms. The van der Waals surface area contributed by atoms with Crippen molar-refractivity contribution in [2.45, 2.75) is 47.2 Å². The maximum atomic E-state index is 11.8. The lowest BCUT2D eigenvalue weighted by molar-refractivity contribution is -0.152. The second kappa shape index (κ2) is 17.4. The molecule has 0 aliphatic rings. The first-order valence-electron chi connectivity index (χ1n) is 16.2. The van der Waals surface area contributed by atoms with E-state index in [2.05, 4.69) is 43.1 Å². The first-order chi connectivity index (χ1) is 24.3. The van der Waals surface area contributed by atoms with Crippen LogP contribution in [0.5, 0.6) is 17.2 Å². The van der Waals surface area contributed by atoms with Gasteiger partial charge in [-0.05, 0) is 79.8 Å². The molecule has 3 aromatic carbocycles. The van der Waals surface area contributed by atoms with Crippen LogP contribution >= 0.6 is 11.6 Å². The first-order valence-corrected chi connectivity index (χ1v) is 16.6. The zero-order chi connectivity index (χ0) is 35.5. The Labute approximate surface area is 297 Å². The third kappa shape index (κ3) is 8.84. The van der Waals surface area contributed by atoms with E-state index < -0.39 is 6.29 Å². The minimum Gasteiger partial charge on any atom is -0.488 e. The van der Waals surface area contributed by atoms with Crippen LogP contribution in [0.4, 0.5) is 0 Å². The summed E-state index contributed by atoms with van der Waals surface area (Å²) in [5.74, 6) is 1.33. The molecule has 0 fully saturated rings. The SMILES string of the molecule is CCOC(COc1ccc(-c2cccc(-c3cccc(COc4cc(OCc5cncc(C#N)c5)c(C=O)cc4Cl)c3C)c2C)nc1)OCC. The molecule has 5 rings (SSSR count). The number of aromatic nitrogens is 2. The highest BCUT2D eigenvalue weighted by Gasteiger charge is 2.16. The number of hydrogen-bond acceptors (Lipinski definition) is 9. The van der Waals surface area contributed by atoms with Gasteiger partial charge in [-0.15, -0.1) is 0 Å². The Hall–Kier alpha value is -5.27. The molecule has 0 radical (unpaired) electrons. The Morgan fingerprint density at radius 2 is 1.54 bits per heavy atom. The van der Waals surface area contributed by atoms with Crippen LogP contribution in [0, 0.1) is 25.2 Å². The fourth-order valence-electron chi connectivity index (χ4n) is 5.46. The summed E-state index contributed by atoms with van der Waals surface area (Å²) < 4.78 is 29.1. The molecule has 10 heteroatoms.